The molecule has 0 spiro atoms. The van der Waals surface area contributed by atoms with Crippen molar-refractivity contribution in [2.75, 3.05) is 11.5 Å². The number of aromatic nitrogens is 2. The minimum atomic E-state index is -2.02. The number of hydrogen-bond donors (Lipinski definition) is 2. The Balaban J connectivity index is 2.01. The van der Waals surface area contributed by atoms with Crippen molar-refractivity contribution in [2.24, 2.45) is 0 Å². The second-order valence-electron chi connectivity index (χ2n) is 6.61. The molecule has 4 nitrogen and oxygen atoms in total. The lowest BCUT2D eigenvalue weighted by molar-refractivity contribution is 1.14. The monoisotopic (exact) mass is 385 g/mol. The van der Waals surface area contributed by atoms with E-state index in [-0.39, 0.29) is 5.95 Å². The molecule has 0 unspecified atom stereocenters. The Morgan fingerprint density at radius 3 is 1.46 bits per heavy atom. The van der Waals surface area contributed by atoms with Crippen LogP contribution >= 0.6 is 7.26 Å². The number of nitrogen functional groups attached to an aromatic ring is 2. The van der Waals surface area contributed by atoms with Gasteiger partial charge in [-0.3, -0.25) is 0 Å². The standard InChI is InChI=1S/C23H22N4P/c24-22-18(16-26-23(25)27-22)17-28(19-10-4-1-5-11-19,20-12-6-2-7-13-20)21-14-8-3-9-15-21/h1-16H,17H2,(H4,24,25,26,27)/q+1. The fourth-order valence-corrected chi connectivity index (χ4v) is 7.82. The highest BCUT2D eigenvalue weighted by atomic mass is 31.2. The molecule has 0 aliphatic rings. The first-order chi connectivity index (χ1) is 13.7. The largest absolute Gasteiger partial charge is 0.383 e. The molecule has 0 fully saturated rings. The van der Waals surface area contributed by atoms with Gasteiger partial charge in [-0.05, 0) is 36.4 Å². The highest BCUT2D eigenvalue weighted by Crippen LogP contribution is 2.58. The maximum Gasteiger partial charge on any atom is 0.221 e. The van der Waals surface area contributed by atoms with Crippen LogP contribution in [0.1, 0.15) is 5.56 Å². The van der Waals surface area contributed by atoms with Gasteiger partial charge in [-0.25, -0.2) is 4.98 Å². The van der Waals surface area contributed by atoms with Crippen LogP contribution < -0.4 is 27.4 Å². The summed E-state index contributed by atoms with van der Waals surface area (Å²) in [6, 6.07) is 32.0. The number of rotatable bonds is 5. The predicted molar refractivity (Wildman–Crippen MR) is 120 cm³/mol. The lowest BCUT2D eigenvalue weighted by Gasteiger charge is -2.28. The average Bonchev–Trinajstić information content (AvgIpc) is 2.75. The van der Waals surface area contributed by atoms with E-state index in [1.165, 1.54) is 15.9 Å². The van der Waals surface area contributed by atoms with Crippen molar-refractivity contribution in [3.05, 3.63) is 103 Å². The summed E-state index contributed by atoms with van der Waals surface area (Å²) in [6.45, 7) is 0. The van der Waals surface area contributed by atoms with E-state index in [0.29, 0.717) is 5.82 Å². The molecular weight excluding hydrogens is 363 g/mol. The van der Waals surface area contributed by atoms with Crippen molar-refractivity contribution in [1.82, 2.24) is 9.97 Å². The molecule has 3 aromatic carbocycles. The molecule has 0 saturated heterocycles. The summed E-state index contributed by atoms with van der Waals surface area (Å²) in [5.41, 5.74) is 12.9. The maximum atomic E-state index is 6.25. The third-order valence-corrected chi connectivity index (χ3v) is 9.27. The molecule has 4 N–H and O–H groups in total. The van der Waals surface area contributed by atoms with Gasteiger partial charge in [0, 0.05) is 6.20 Å². The topological polar surface area (TPSA) is 77.8 Å². The zero-order valence-corrected chi connectivity index (χ0v) is 16.3. The van der Waals surface area contributed by atoms with Gasteiger partial charge in [0.2, 0.25) is 5.95 Å². The van der Waals surface area contributed by atoms with Gasteiger partial charge in [0.15, 0.2) is 0 Å². The first-order valence-electron chi connectivity index (χ1n) is 9.12. The molecule has 4 aromatic rings. The highest BCUT2D eigenvalue weighted by molar-refractivity contribution is 7.95. The summed E-state index contributed by atoms with van der Waals surface area (Å²) in [4.78, 5) is 8.41. The Kier molecular flexibility index (Phi) is 5.05. The number of nitrogens with zero attached hydrogens (tertiary/aromatic N) is 2. The smallest absolute Gasteiger partial charge is 0.221 e. The van der Waals surface area contributed by atoms with Crippen LogP contribution in [-0.2, 0) is 6.16 Å². The van der Waals surface area contributed by atoms with Crippen molar-refractivity contribution >= 4 is 34.9 Å². The zero-order chi connectivity index (χ0) is 19.4. The summed E-state index contributed by atoms with van der Waals surface area (Å²) in [7, 11) is -2.02. The first kappa shape index (κ1) is 18.1. The molecule has 1 heterocycles. The average molecular weight is 385 g/mol. The van der Waals surface area contributed by atoms with Gasteiger partial charge in [0.05, 0.1) is 5.56 Å². The van der Waals surface area contributed by atoms with Crippen LogP contribution in [0.5, 0.6) is 0 Å². The molecule has 0 bridgehead atoms. The summed E-state index contributed by atoms with van der Waals surface area (Å²) in [5.74, 6) is 0.643. The maximum absolute atomic E-state index is 6.25. The van der Waals surface area contributed by atoms with Gasteiger partial charge in [0.25, 0.3) is 0 Å². The molecule has 0 saturated carbocycles. The Bertz CT molecular complexity index is 957. The minimum absolute atomic E-state index is 0.198. The first-order valence-corrected chi connectivity index (χ1v) is 11.1. The zero-order valence-electron chi connectivity index (χ0n) is 15.4. The second-order valence-corrected chi connectivity index (χ2v) is 10.1. The molecule has 28 heavy (non-hydrogen) atoms. The quantitative estimate of drug-likeness (QED) is 0.518. The van der Waals surface area contributed by atoms with Gasteiger partial charge < -0.3 is 11.5 Å². The van der Waals surface area contributed by atoms with Crippen LogP contribution in [0.15, 0.2) is 97.2 Å². The fraction of sp³-hybridized carbons (Fsp3) is 0.0435. The molecule has 5 heteroatoms. The Hall–Kier alpha value is -3.23. The number of benzene rings is 3. The van der Waals surface area contributed by atoms with Crippen molar-refractivity contribution in [2.45, 2.75) is 6.16 Å². The van der Waals surface area contributed by atoms with Gasteiger partial charge in [-0.2, -0.15) is 4.98 Å². The summed E-state index contributed by atoms with van der Waals surface area (Å²) in [5, 5.41) is 3.89. The summed E-state index contributed by atoms with van der Waals surface area (Å²) in [6.07, 6.45) is 2.50. The van der Waals surface area contributed by atoms with Crippen LogP contribution in [-0.4, -0.2) is 9.97 Å². The van der Waals surface area contributed by atoms with Crippen LogP contribution in [0.4, 0.5) is 11.8 Å². The van der Waals surface area contributed by atoms with Crippen LogP contribution in [0.25, 0.3) is 0 Å². The lowest BCUT2D eigenvalue weighted by atomic mass is 10.3. The van der Waals surface area contributed by atoms with E-state index in [9.17, 15) is 0 Å². The van der Waals surface area contributed by atoms with Crippen molar-refractivity contribution in [1.29, 1.82) is 0 Å². The van der Waals surface area contributed by atoms with Crippen molar-refractivity contribution in [3.8, 4) is 0 Å². The molecule has 0 amide bonds. The lowest BCUT2D eigenvalue weighted by Crippen LogP contribution is -2.32. The van der Waals surface area contributed by atoms with E-state index < -0.39 is 7.26 Å². The van der Waals surface area contributed by atoms with E-state index in [2.05, 4.69) is 101 Å². The second kappa shape index (κ2) is 7.79. The number of nitrogens with two attached hydrogens (primary N) is 2. The van der Waals surface area contributed by atoms with E-state index in [1.54, 1.807) is 6.20 Å². The van der Waals surface area contributed by atoms with Gasteiger partial charge in [0.1, 0.15) is 35.2 Å². The van der Waals surface area contributed by atoms with Crippen LogP contribution in [0.3, 0.4) is 0 Å². The van der Waals surface area contributed by atoms with Crippen LogP contribution in [0.2, 0.25) is 0 Å². The van der Waals surface area contributed by atoms with Gasteiger partial charge in [-0.1, -0.05) is 54.6 Å². The number of anilines is 2. The Labute approximate surface area is 165 Å². The normalized spacial score (nSPS) is 11.3. The Morgan fingerprint density at radius 1 is 0.643 bits per heavy atom. The highest BCUT2D eigenvalue weighted by Gasteiger charge is 2.45. The molecule has 1 aromatic heterocycles. The summed E-state index contributed by atoms with van der Waals surface area (Å²) < 4.78 is 0. The molecule has 138 valence electrons. The molecule has 0 atom stereocenters. The van der Waals surface area contributed by atoms with Gasteiger partial charge in [-0.15, -0.1) is 0 Å². The molecule has 0 radical (unpaired) electrons. The van der Waals surface area contributed by atoms with E-state index in [1.807, 2.05) is 0 Å². The third-order valence-electron chi connectivity index (χ3n) is 4.92. The van der Waals surface area contributed by atoms with E-state index in [4.69, 9.17) is 11.5 Å². The van der Waals surface area contributed by atoms with Gasteiger partial charge >= 0.3 is 0 Å². The van der Waals surface area contributed by atoms with E-state index >= 15 is 0 Å². The molecule has 0 aliphatic carbocycles. The molecule has 0 aliphatic heterocycles. The Morgan fingerprint density at radius 2 is 1.07 bits per heavy atom. The SMILES string of the molecule is Nc1ncc(C[P+](c2ccccc2)(c2ccccc2)c2ccccc2)c(N)n1. The summed E-state index contributed by atoms with van der Waals surface area (Å²) >= 11 is 0. The predicted octanol–water partition coefficient (Wildman–Crippen LogP) is 3.14. The molecular formula is C23H22N4P+. The number of hydrogen-bond acceptors (Lipinski definition) is 4. The fourth-order valence-electron chi connectivity index (χ4n) is 3.58. The van der Waals surface area contributed by atoms with Crippen molar-refractivity contribution < 1.29 is 0 Å². The van der Waals surface area contributed by atoms with E-state index in [0.717, 1.165) is 11.7 Å². The van der Waals surface area contributed by atoms with Crippen LogP contribution in [0, 0.1) is 0 Å². The third kappa shape index (κ3) is 3.35. The van der Waals surface area contributed by atoms with Crippen molar-refractivity contribution in [3.63, 3.8) is 0 Å². The minimum Gasteiger partial charge on any atom is -0.383 e. The molecule has 4 rings (SSSR count).